The number of benzene rings is 1. The van der Waals surface area contributed by atoms with Gasteiger partial charge in [-0.25, -0.2) is 4.98 Å². The number of rotatable bonds is 4. The van der Waals surface area contributed by atoms with Crippen LogP contribution in [0.1, 0.15) is 19.8 Å². The smallest absolute Gasteiger partial charge is 0.201 e. The summed E-state index contributed by atoms with van der Waals surface area (Å²) < 4.78 is 0. The minimum Gasteiger partial charge on any atom is -0.399 e. The van der Waals surface area contributed by atoms with E-state index in [1.807, 2.05) is 18.2 Å². The van der Waals surface area contributed by atoms with Crippen LogP contribution in [0.25, 0.3) is 11.0 Å². The lowest BCUT2D eigenvalue weighted by Crippen LogP contribution is -2.13. The lowest BCUT2D eigenvalue weighted by molar-refractivity contribution is 0.535. The monoisotopic (exact) mass is 230 g/mol. The molecule has 1 fully saturated rings. The first-order valence-corrected chi connectivity index (χ1v) is 6.21. The first-order valence-electron chi connectivity index (χ1n) is 6.21. The molecule has 1 aromatic heterocycles. The summed E-state index contributed by atoms with van der Waals surface area (Å²) in [7, 11) is 0. The molecule has 0 saturated heterocycles. The molecule has 0 aliphatic heterocycles. The number of imidazole rings is 1. The van der Waals surface area contributed by atoms with Crippen molar-refractivity contribution in [3.63, 3.8) is 0 Å². The standard InChI is InChI=1S/C13H18N4/c1-8(9-2-3-9)7-15-13-16-11-5-4-10(14)6-12(11)17-13/h4-6,8-9H,2-3,7,14H2,1H3,(H2,15,16,17). The molecule has 1 unspecified atom stereocenters. The normalized spacial score (nSPS) is 17.2. The van der Waals surface area contributed by atoms with Crippen molar-refractivity contribution in [1.29, 1.82) is 0 Å². The van der Waals surface area contributed by atoms with Gasteiger partial charge in [-0.2, -0.15) is 0 Å². The maximum Gasteiger partial charge on any atom is 0.201 e. The number of hydrogen-bond donors (Lipinski definition) is 3. The van der Waals surface area contributed by atoms with Crippen molar-refractivity contribution in [3.8, 4) is 0 Å². The van der Waals surface area contributed by atoms with Crippen LogP contribution in [0.5, 0.6) is 0 Å². The predicted molar refractivity (Wildman–Crippen MR) is 70.9 cm³/mol. The number of hydrogen-bond acceptors (Lipinski definition) is 3. The Morgan fingerprint density at radius 3 is 3.12 bits per heavy atom. The fraction of sp³-hybridized carbons (Fsp3) is 0.462. The summed E-state index contributed by atoms with van der Waals surface area (Å²) in [5, 5.41) is 3.37. The second-order valence-corrected chi connectivity index (χ2v) is 5.06. The largest absolute Gasteiger partial charge is 0.399 e. The maximum absolute atomic E-state index is 5.74. The number of aromatic amines is 1. The van der Waals surface area contributed by atoms with Crippen LogP contribution in [0.4, 0.5) is 11.6 Å². The third-order valence-corrected chi connectivity index (χ3v) is 3.52. The quantitative estimate of drug-likeness (QED) is 0.707. The molecular weight excluding hydrogens is 212 g/mol. The van der Waals surface area contributed by atoms with Gasteiger partial charge in [0.05, 0.1) is 11.0 Å². The highest BCUT2D eigenvalue weighted by molar-refractivity contribution is 5.80. The van der Waals surface area contributed by atoms with Crippen LogP contribution >= 0.6 is 0 Å². The molecule has 1 aliphatic rings. The van der Waals surface area contributed by atoms with Crippen LogP contribution in [0.15, 0.2) is 18.2 Å². The topological polar surface area (TPSA) is 66.7 Å². The van der Waals surface area contributed by atoms with Gasteiger partial charge in [0.15, 0.2) is 0 Å². The molecule has 0 spiro atoms. The number of anilines is 2. The van der Waals surface area contributed by atoms with E-state index in [0.29, 0.717) is 0 Å². The molecule has 1 atom stereocenters. The summed E-state index contributed by atoms with van der Waals surface area (Å²) in [4.78, 5) is 7.73. The Morgan fingerprint density at radius 1 is 1.53 bits per heavy atom. The van der Waals surface area contributed by atoms with Gasteiger partial charge < -0.3 is 16.0 Å². The number of nitrogens with two attached hydrogens (primary N) is 1. The van der Waals surface area contributed by atoms with E-state index in [1.165, 1.54) is 12.8 Å². The molecule has 90 valence electrons. The molecule has 2 aromatic rings. The Morgan fingerprint density at radius 2 is 2.35 bits per heavy atom. The van der Waals surface area contributed by atoms with Crippen LogP contribution in [0.2, 0.25) is 0 Å². The maximum atomic E-state index is 5.74. The Balaban J connectivity index is 1.72. The summed E-state index contributed by atoms with van der Waals surface area (Å²) >= 11 is 0. The van der Waals surface area contributed by atoms with Crippen molar-refractivity contribution in [1.82, 2.24) is 9.97 Å². The summed E-state index contributed by atoms with van der Waals surface area (Å²) in [6.45, 7) is 3.28. The number of H-pyrrole nitrogens is 1. The molecule has 17 heavy (non-hydrogen) atoms. The van der Waals surface area contributed by atoms with E-state index < -0.39 is 0 Å². The summed E-state index contributed by atoms with van der Waals surface area (Å²) in [6.07, 6.45) is 2.78. The van der Waals surface area contributed by atoms with E-state index in [4.69, 9.17) is 5.73 Å². The molecule has 0 radical (unpaired) electrons. The Hall–Kier alpha value is -1.71. The molecule has 1 aliphatic carbocycles. The zero-order valence-electron chi connectivity index (χ0n) is 10.0. The molecule has 1 saturated carbocycles. The van der Waals surface area contributed by atoms with Crippen molar-refractivity contribution in [3.05, 3.63) is 18.2 Å². The predicted octanol–water partition coefficient (Wildman–Crippen LogP) is 2.60. The van der Waals surface area contributed by atoms with Crippen molar-refractivity contribution in [2.75, 3.05) is 17.6 Å². The number of nitrogens with one attached hydrogen (secondary N) is 2. The van der Waals surface area contributed by atoms with E-state index in [9.17, 15) is 0 Å². The van der Waals surface area contributed by atoms with Crippen molar-refractivity contribution < 1.29 is 0 Å². The Bertz CT molecular complexity index is 527. The van der Waals surface area contributed by atoms with Crippen molar-refractivity contribution in [2.24, 2.45) is 11.8 Å². The van der Waals surface area contributed by atoms with E-state index in [0.717, 1.165) is 41.0 Å². The van der Waals surface area contributed by atoms with E-state index in [1.54, 1.807) is 0 Å². The van der Waals surface area contributed by atoms with E-state index in [2.05, 4.69) is 22.2 Å². The summed E-state index contributed by atoms with van der Waals surface area (Å²) in [6, 6.07) is 5.73. The second kappa shape index (κ2) is 3.95. The average molecular weight is 230 g/mol. The highest BCUT2D eigenvalue weighted by Crippen LogP contribution is 2.36. The Labute approximate surface area is 101 Å². The van der Waals surface area contributed by atoms with Crippen LogP contribution in [0, 0.1) is 11.8 Å². The average Bonchev–Trinajstić information content (AvgIpc) is 3.07. The van der Waals surface area contributed by atoms with Gasteiger partial charge in [0.25, 0.3) is 0 Å². The number of fused-ring (bicyclic) bond motifs is 1. The van der Waals surface area contributed by atoms with Gasteiger partial charge in [-0.05, 0) is 42.9 Å². The second-order valence-electron chi connectivity index (χ2n) is 5.06. The zero-order valence-corrected chi connectivity index (χ0v) is 10.0. The van der Waals surface area contributed by atoms with Crippen LogP contribution in [-0.4, -0.2) is 16.5 Å². The lowest BCUT2D eigenvalue weighted by Gasteiger charge is -2.09. The molecule has 4 N–H and O–H groups in total. The van der Waals surface area contributed by atoms with Crippen LogP contribution in [0.3, 0.4) is 0 Å². The van der Waals surface area contributed by atoms with Gasteiger partial charge in [0, 0.05) is 12.2 Å². The minimum atomic E-state index is 0.730. The minimum absolute atomic E-state index is 0.730. The molecule has 1 heterocycles. The summed E-state index contributed by atoms with van der Waals surface area (Å²) in [5.41, 5.74) is 8.45. The summed E-state index contributed by atoms with van der Waals surface area (Å²) in [5.74, 6) is 2.49. The molecule has 4 heteroatoms. The SMILES string of the molecule is CC(CNc1nc2ccc(N)cc2[nH]1)C1CC1. The fourth-order valence-corrected chi connectivity index (χ4v) is 2.20. The van der Waals surface area contributed by atoms with Crippen molar-refractivity contribution >= 4 is 22.7 Å². The highest BCUT2D eigenvalue weighted by Gasteiger charge is 2.27. The first-order chi connectivity index (χ1) is 8.22. The van der Waals surface area contributed by atoms with E-state index >= 15 is 0 Å². The molecule has 0 bridgehead atoms. The molecule has 3 rings (SSSR count). The molecular formula is C13H18N4. The molecule has 0 amide bonds. The van der Waals surface area contributed by atoms with E-state index in [-0.39, 0.29) is 0 Å². The third-order valence-electron chi connectivity index (χ3n) is 3.52. The van der Waals surface area contributed by atoms with Crippen LogP contribution < -0.4 is 11.1 Å². The molecule has 4 nitrogen and oxygen atoms in total. The molecule has 1 aromatic carbocycles. The highest BCUT2D eigenvalue weighted by atomic mass is 15.1. The fourth-order valence-electron chi connectivity index (χ4n) is 2.20. The van der Waals surface area contributed by atoms with Crippen LogP contribution in [-0.2, 0) is 0 Å². The Kier molecular flexibility index (Phi) is 2.42. The van der Waals surface area contributed by atoms with Gasteiger partial charge in [-0.3, -0.25) is 0 Å². The lowest BCUT2D eigenvalue weighted by atomic mass is 10.1. The third kappa shape index (κ3) is 2.20. The number of nitrogens with zero attached hydrogens (tertiary/aromatic N) is 1. The van der Waals surface area contributed by atoms with Gasteiger partial charge in [0.2, 0.25) is 5.95 Å². The van der Waals surface area contributed by atoms with Gasteiger partial charge in [-0.15, -0.1) is 0 Å². The van der Waals surface area contributed by atoms with Gasteiger partial charge >= 0.3 is 0 Å². The van der Waals surface area contributed by atoms with Gasteiger partial charge in [-0.1, -0.05) is 6.92 Å². The number of aromatic nitrogens is 2. The van der Waals surface area contributed by atoms with Crippen molar-refractivity contribution in [2.45, 2.75) is 19.8 Å². The first kappa shape index (κ1) is 10.4. The number of nitrogen functional groups attached to an aromatic ring is 1. The zero-order chi connectivity index (χ0) is 11.8. The van der Waals surface area contributed by atoms with Gasteiger partial charge in [0.1, 0.15) is 0 Å².